The molecule has 0 atom stereocenters. The molecule has 0 spiro atoms. The molecule has 0 aliphatic heterocycles. The Morgan fingerprint density at radius 1 is 0.857 bits per heavy atom. The Labute approximate surface area is 164 Å². The lowest BCUT2D eigenvalue weighted by Gasteiger charge is -2.10. The monoisotopic (exact) mass is 372 g/mol. The fourth-order valence-electron chi connectivity index (χ4n) is 2.58. The van der Waals surface area contributed by atoms with E-state index in [4.69, 9.17) is 14.7 Å². The molecule has 1 N–H and O–H groups in total. The van der Waals surface area contributed by atoms with Gasteiger partial charge in [0.05, 0.1) is 12.5 Å². The molecule has 0 heterocycles. The summed E-state index contributed by atoms with van der Waals surface area (Å²) in [5, 5.41) is 11.4. The topological polar surface area (TPSA) is 71.3 Å². The van der Waals surface area contributed by atoms with Crippen LogP contribution in [0.4, 0.5) is 10.5 Å². The normalized spacial score (nSPS) is 9.96. The minimum absolute atomic E-state index is 0.220. The molecular weight excluding hydrogens is 352 g/mol. The molecule has 3 aromatic rings. The first-order valence-electron chi connectivity index (χ1n) is 8.88. The van der Waals surface area contributed by atoms with Crippen molar-refractivity contribution in [3.05, 3.63) is 95.6 Å². The van der Waals surface area contributed by atoms with Gasteiger partial charge in [0.2, 0.25) is 0 Å². The highest BCUT2D eigenvalue weighted by atomic mass is 16.5. The first-order chi connectivity index (χ1) is 13.7. The zero-order valence-corrected chi connectivity index (χ0v) is 15.3. The van der Waals surface area contributed by atoms with Crippen molar-refractivity contribution < 1.29 is 14.3 Å². The maximum atomic E-state index is 12.0. The molecule has 0 aliphatic rings. The highest BCUT2D eigenvalue weighted by Gasteiger charge is 2.05. The summed E-state index contributed by atoms with van der Waals surface area (Å²) in [6, 6.07) is 26.5. The van der Waals surface area contributed by atoms with Gasteiger partial charge in [-0.2, -0.15) is 5.26 Å². The number of carbonyl (C=O) groups is 1. The van der Waals surface area contributed by atoms with Crippen LogP contribution in [0.15, 0.2) is 78.9 Å². The van der Waals surface area contributed by atoms with Crippen LogP contribution < -0.4 is 10.1 Å². The molecule has 0 unspecified atom stereocenters. The summed E-state index contributed by atoms with van der Waals surface area (Å²) in [6.07, 6.45) is -0.121. The van der Waals surface area contributed by atoms with Crippen LogP contribution in [0.2, 0.25) is 0 Å². The summed E-state index contributed by atoms with van der Waals surface area (Å²) in [6.45, 7) is 0.587. The Balaban J connectivity index is 1.50. The number of amides is 1. The summed E-state index contributed by atoms with van der Waals surface area (Å²) in [5.74, 6) is 0.724. The van der Waals surface area contributed by atoms with Gasteiger partial charge in [-0.1, -0.05) is 54.6 Å². The van der Waals surface area contributed by atoms with Gasteiger partial charge >= 0.3 is 6.09 Å². The molecule has 1 amide bonds. The van der Waals surface area contributed by atoms with Crippen molar-refractivity contribution >= 4 is 11.8 Å². The first-order valence-corrected chi connectivity index (χ1v) is 8.88. The van der Waals surface area contributed by atoms with Gasteiger partial charge in [-0.25, -0.2) is 4.79 Å². The van der Waals surface area contributed by atoms with E-state index in [9.17, 15) is 4.79 Å². The Kier molecular flexibility index (Phi) is 6.64. The van der Waals surface area contributed by atoms with Crippen molar-refractivity contribution in [2.75, 3.05) is 5.32 Å². The van der Waals surface area contributed by atoms with E-state index < -0.39 is 6.09 Å². The third kappa shape index (κ3) is 5.89. The van der Waals surface area contributed by atoms with Crippen LogP contribution in [0, 0.1) is 11.3 Å². The molecule has 140 valence electrons. The number of hydrogen-bond donors (Lipinski definition) is 1. The lowest BCUT2D eigenvalue weighted by atomic mass is 10.1. The van der Waals surface area contributed by atoms with Crippen LogP contribution in [-0.4, -0.2) is 6.09 Å². The zero-order valence-electron chi connectivity index (χ0n) is 15.3. The summed E-state index contributed by atoms with van der Waals surface area (Å²) >= 11 is 0. The van der Waals surface area contributed by atoms with Crippen LogP contribution >= 0.6 is 0 Å². The molecule has 0 aromatic heterocycles. The third-order valence-corrected chi connectivity index (χ3v) is 4.00. The van der Waals surface area contributed by atoms with Gasteiger partial charge in [-0.05, 0) is 41.0 Å². The van der Waals surface area contributed by atoms with Gasteiger partial charge in [0.1, 0.15) is 19.0 Å². The molecule has 3 aromatic carbocycles. The number of nitrogens with one attached hydrogen (secondary N) is 1. The average Bonchev–Trinajstić information content (AvgIpc) is 2.73. The van der Waals surface area contributed by atoms with E-state index in [1.54, 1.807) is 6.07 Å². The Hall–Kier alpha value is -3.78. The van der Waals surface area contributed by atoms with Crippen molar-refractivity contribution in [3.63, 3.8) is 0 Å². The molecule has 3 rings (SSSR count). The molecule has 28 heavy (non-hydrogen) atoms. The first kappa shape index (κ1) is 19.0. The van der Waals surface area contributed by atoms with Crippen molar-refractivity contribution in [2.45, 2.75) is 19.6 Å². The van der Waals surface area contributed by atoms with Crippen LogP contribution in [-0.2, 0) is 24.4 Å². The molecule has 5 nitrogen and oxygen atoms in total. The van der Waals surface area contributed by atoms with Gasteiger partial charge in [0, 0.05) is 5.69 Å². The molecule has 0 fully saturated rings. The van der Waals surface area contributed by atoms with Gasteiger partial charge in [0.15, 0.2) is 0 Å². The Bertz CT molecular complexity index is 948. The second kappa shape index (κ2) is 9.79. The highest BCUT2D eigenvalue weighted by molar-refractivity contribution is 5.84. The fraction of sp³-hybridized carbons (Fsp3) is 0.130. The number of rotatable bonds is 7. The SMILES string of the molecule is N#CCc1ccc(OCc2cccc(NC(=O)OCc3ccccc3)c2)cc1. The summed E-state index contributed by atoms with van der Waals surface area (Å²) in [7, 11) is 0. The van der Waals surface area contributed by atoms with Crippen molar-refractivity contribution in [1.29, 1.82) is 5.26 Å². The molecule has 0 aliphatic carbocycles. The van der Waals surface area contributed by atoms with Gasteiger partial charge in [-0.3, -0.25) is 5.32 Å². The Morgan fingerprint density at radius 2 is 1.61 bits per heavy atom. The van der Waals surface area contributed by atoms with Crippen LogP contribution in [0.1, 0.15) is 16.7 Å². The number of nitriles is 1. The minimum atomic E-state index is -0.505. The van der Waals surface area contributed by atoms with E-state index in [2.05, 4.69) is 11.4 Å². The third-order valence-electron chi connectivity index (χ3n) is 4.00. The summed E-state index contributed by atoms with van der Waals surface area (Å²) in [5.41, 5.74) is 3.45. The van der Waals surface area contributed by atoms with E-state index in [0.717, 1.165) is 22.4 Å². The van der Waals surface area contributed by atoms with Crippen molar-refractivity contribution in [3.8, 4) is 11.8 Å². The van der Waals surface area contributed by atoms with E-state index in [1.807, 2.05) is 72.8 Å². The quantitative estimate of drug-likeness (QED) is 0.628. The number of benzene rings is 3. The number of ether oxygens (including phenoxy) is 2. The largest absolute Gasteiger partial charge is 0.489 e. The predicted octanol–water partition coefficient (Wildman–Crippen LogP) is 5.08. The second-order valence-corrected chi connectivity index (χ2v) is 6.15. The van der Waals surface area contributed by atoms with E-state index in [1.165, 1.54) is 0 Å². The lowest BCUT2D eigenvalue weighted by Crippen LogP contribution is -2.13. The van der Waals surface area contributed by atoms with Crippen molar-refractivity contribution in [2.24, 2.45) is 0 Å². The number of anilines is 1. The average molecular weight is 372 g/mol. The molecule has 0 saturated heterocycles. The molecule has 5 heteroatoms. The smallest absolute Gasteiger partial charge is 0.411 e. The summed E-state index contributed by atoms with van der Waals surface area (Å²) < 4.78 is 11.0. The number of hydrogen-bond acceptors (Lipinski definition) is 4. The maximum Gasteiger partial charge on any atom is 0.411 e. The fourth-order valence-corrected chi connectivity index (χ4v) is 2.58. The lowest BCUT2D eigenvalue weighted by molar-refractivity contribution is 0.155. The van der Waals surface area contributed by atoms with Crippen LogP contribution in [0.25, 0.3) is 0 Å². The molecule has 0 bridgehead atoms. The van der Waals surface area contributed by atoms with E-state index >= 15 is 0 Å². The minimum Gasteiger partial charge on any atom is -0.489 e. The van der Waals surface area contributed by atoms with Crippen LogP contribution in [0.5, 0.6) is 5.75 Å². The van der Waals surface area contributed by atoms with Gasteiger partial charge in [0.25, 0.3) is 0 Å². The Morgan fingerprint density at radius 3 is 2.36 bits per heavy atom. The standard InChI is InChI=1S/C23H20N2O3/c24-14-13-18-9-11-22(12-10-18)27-17-20-7-4-8-21(15-20)25-23(26)28-16-19-5-2-1-3-6-19/h1-12,15H,13,16-17H2,(H,25,26). The number of carbonyl (C=O) groups excluding carboxylic acids is 1. The van der Waals surface area contributed by atoms with E-state index in [-0.39, 0.29) is 6.61 Å². The molecule has 0 saturated carbocycles. The van der Waals surface area contributed by atoms with Crippen molar-refractivity contribution in [1.82, 2.24) is 0 Å². The van der Waals surface area contributed by atoms with Gasteiger partial charge < -0.3 is 9.47 Å². The van der Waals surface area contributed by atoms with Gasteiger partial charge in [-0.15, -0.1) is 0 Å². The predicted molar refractivity (Wildman–Crippen MR) is 107 cm³/mol. The number of nitrogens with zero attached hydrogens (tertiary/aromatic N) is 1. The highest BCUT2D eigenvalue weighted by Crippen LogP contribution is 2.17. The van der Waals surface area contributed by atoms with E-state index in [0.29, 0.717) is 18.7 Å². The summed E-state index contributed by atoms with van der Waals surface area (Å²) in [4.78, 5) is 12.0. The molecule has 0 radical (unpaired) electrons. The second-order valence-electron chi connectivity index (χ2n) is 6.15. The zero-order chi connectivity index (χ0) is 19.6. The van der Waals surface area contributed by atoms with Crippen LogP contribution in [0.3, 0.4) is 0 Å². The maximum absolute atomic E-state index is 12.0. The molecular formula is C23H20N2O3.